The number of nitrogens with two attached hydrogens (primary N) is 1. The van der Waals surface area contributed by atoms with Crippen LogP contribution in [0, 0.1) is 0 Å². The van der Waals surface area contributed by atoms with Crippen molar-refractivity contribution in [2.24, 2.45) is 7.05 Å². The molecule has 142 valence electrons. The molecule has 0 bridgehead atoms. The van der Waals surface area contributed by atoms with Crippen molar-refractivity contribution in [1.82, 2.24) is 14.8 Å². The zero-order chi connectivity index (χ0) is 18.9. The van der Waals surface area contributed by atoms with Crippen molar-refractivity contribution in [3.63, 3.8) is 0 Å². The van der Waals surface area contributed by atoms with Gasteiger partial charge in [0.1, 0.15) is 17.4 Å². The number of hydrogen-bond donors (Lipinski definition) is 1. The van der Waals surface area contributed by atoms with E-state index in [9.17, 15) is 0 Å². The third kappa shape index (κ3) is 3.15. The Balaban J connectivity index is 1.53. The zero-order valence-corrected chi connectivity index (χ0v) is 16.2. The molecule has 2 aromatic rings. The van der Waals surface area contributed by atoms with Gasteiger partial charge in [0.05, 0.1) is 12.0 Å². The van der Waals surface area contributed by atoms with Gasteiger partial charge in [-0.25, -0.2) is 0 Å². The molecule has 0 unspecified atom stereocenters. The van der Waals surface area contributed by atoms with Gasteiger partial charge in [0.25, 0.3) is 0 Å². The monoisotopic (exact) mass is 364 g/mol. The lowest BCUT2D eigenvalue weighted by atomic mass is 9.64. The predicted octanol–water partition coefficient (Wildman–Crippen LogP) is 4.05. The van der Waals surface area contributed by atoms with Crippen LogP contribution < -0.4 is 5.73 Å². The minimum Gasteiger partial charge on any atom is -0.493 e. The number of nitrogens with zero attached hydrogens (tertiary/aromatic N) is 3. The van der Waals surface area contributed by atoms with Crippen molar-refractivity contribution in [3.05, 3.63) is 65.0 Å². The molecular formula is C22H28N4O. The molecule has 0 amide bonds. The number of hydrogen-bond acceptors (Lipinski definition) is 4. The highest BCUT2D eigenvalue weighted by molar-refractivity contribution is 5.45. The molecule has 1 saturated carbocycles. The lowest BCUT2D eigenvalue weighted by Crippen LogP contribution is -2.38. The maximum Gasteiger partial charge on any atom is 0.143 e. The third-order valence-corrected chi connectivity index (χ3v) is 6.06. The van der Waals surface area contributed by atoms with Crippen LogP contribution in [0.1, 0.15) is 56.2 Å². The highest BCUT2D eigenvalue weighted by atomic mass is 16.5. The van der Waals surface area contributed by atoms with Gasteiger partial charge < -0.3 is 15.0 Å². The van der Waals surface area contributed by atoms with E-state index in [0.717, 1.165) is 61.8 Å². The molecule has 1 saturated heterocycles. The van der Waals surface area contributed by atoms with Gasteiger partial charge >= 0.3 is 0 Å². The van der Waals surface area contributed by atoms with E-state index < -0.39 is 0 Å². The second kappa shape index (κ2) is 7.22. The van der Waals surface area contributed by atoms with Crippen LogP contribution in [0.5, 0.6) is 0 Å². The minimum absolute atomic E-state index is 0.0150. The highest BCUT2D eigenvalue weighted by Gasteiger charge is 2.44. The molecular weight excluding hydrogens is 336 g/mol. The molecule has 2 aliphatic rings. The van der Waals surface area contributed by atoms with Crippen molar-refractivity contribution in [3.8, 4) is 0 Å². The van der Waals surface area contributed by atoms with Gasteiger partial charge in [0.15, 0.2) is 0 Å². The van der Waals surface area contributed by atoms with E-state index in [1.807, 2.05) is 12.1 Å². The minimum atomic E-state index is -0.0150. The first-order valence-electron chi connectivity index (χ1n) is 9.87. The van der Waals surface area contributed by atoms with Crippen LogP contribution in [-0.4, -0.2) is 21.4 Å². The van der Waals surface area contributed by atoms with Crippen LogP contribution in [-0.2, 0) is 23.6 Å². The number of anilines is 1. The second-order valence-electron chi connectivity index (χ2n) is 7.58. The summed E-state index contributed by atoms with van der Waals surface area (Å²) >= 11 is 0. The Morgan fingerprint density at radius 3 is 2.67 bits per heavy atom. The number of rotatable bonds is 5. The normalized spacial score (nSPS) is 21.4. The summed E-state index contributed by atoms with van der Waals surface area (Å²) in [4.78, 5) is 0. The Morgan fingerprint density at radius 2 is 2.00 bits per heavy atom. The number of ether oxygens (including phenoxy) is 1. The predicted molar refractivity (Wildman–Crippen MR) is 107 cm³/mol. The SMILES string of the molecule is C/C=C1/CCO/C1=C/CCc1nnc(C2(c3ccc(N)cc3)CCC2)n1C. The summed E-state index contributed by atoms with van der Waals surface area (Å²) < 4.78 is 7.91. The zero-order valence-electron chi connectivity index (χ0n) is 16.2. The van der Waals surface area contributed by atoms with E-state index in [1.165, 1.54) is 17.6 Å². The molecule has 1 aromatic heterocycles. The first-order chi connectivity index (χ1) is 13.1. The van der Waals surface area contributed by atoms with Crippen molar-refractivity contribution in [1.29, 1.82) is 0 Å². The number of nitrogen functional groups attached to an aromatic ring is 1. The van der Waals surface area contributed by atoms with Crippen LogP contribution in [0.25, 0.3) is 0 Å². The molecule has 2 N–H and O–H groups in total. The molecule has 0 atom stereocenters. The average Bonchev–Trinajstić information content (AvgIpc) is 3.24. The van der Waals surface area contributed by atoms with Crippen LogP contribution in [0.3, 0.4) is 0 Å². The van der Waals surface area contributed by atoms with Crippen LogP contribution in [0.4, 0.5) is 5.69 Å². The van der Waals surface area contributed by atoms with Gasteiger partial charge in [-0.3, -0.25) is 0 Å². The van der Waals surface area contributed by atoms with E-state index in [2.05, 4.69) is 53.0 Å². The largest absolute Gasteiger partial charge is 0.493 e. The fraction of sp³-hybridized carbons (Fsp3) is 0.455. The van der Waals surface area contributed by atoms with E-state index in [-0.39, 0.29) is 5.41 Å². The molecule has 5 heteroatoms. The molecule has 1 aliphatic heterocycles. The summed E-state index contributed by atoms with van der Waals surface area (Å²) in [5, 5.41) is 9.12. The van der Waals surface area contributed by atoms with Gasteiger partial charge in [-0.1, -0.05) is 24.6 Å². The van der Waals surface area contributed by atoms with Gasteiger partial charge in [0.2, 0.25) is 0 Å². The highest BCUT2D eigenvalue weighted by Crippen LogP contribution is 2.48. The van der Waals surface area contributed by atoms with E-state index in [1.54, 1.807) is 0 Å². The van der Waals surface area contributed by atoms with E-state index in [4.69, 9.17) is 10.5 Å². The molecule has 4 rings (SSSR count). The number of aromatic nitrogens is 3. The van der Waals surface area contributed by atoms with Crippen molar-refractivity contribution in [2.45, 2.75) is 50.9 Å². The van der Waals surface area contributed by atoms with Crippen LogP contribution >= 0.6 is 0 Å². The van der Waals surface area contributed by atoms with Crippen molar-refractivity contribution >= 4 is 5.69 Å². The topological polar surface area (TPSA) is 66.0 Å². The van der Waals surface area contributed by atoms with Crippen LogP contribution in [0.15, 0.2) is 47.7 Å². The first kappa shape index (κ1) is 17.8. The summed E-state index contributed by atoms with van der Waals surface area (Å²) in [5.74, 6) is 3.15. The van der Waals surface area contributed by atoms with E-state index in [0.29, 0.717) is 0 Å². The molecule has 1 aliphatic carbocycles. The smallest absolute Gasteiger partial charge is 0.143 e. The van der Waals surface area contributed by atoms with E-state index >= 15 is 0 Å². The maximum atomic E-state index is 5.88. The Kier molecular flexibility index (Phi) is 4.77. The maximum absolute atomic E-state index is 5.88. The first-order valence-corrected chi connectivity index (χ1v) is 9.87. The van der Waals surface area contributed by atoms with Gasteiger partial charge in [0, 0.05) is 25.6 Å². The lowest BCUT2D eigenvalue weighted by Gasteiger charge is -2.41. The summed E-state index contributed by atoms with van der Waals surface area (Å²) in [6.45, 7) is 2.87. The Hall–Kier alpha value is -2.56. The quantitative estimate of drug-likeness (QED) is 0.813. The molecule has 1 aromatic carbocycles. The molecule has 0 spiro atoms. The van der Waals surface area contributed by atoms with Crippen LogP contribution in [0.2, 0.25) is 0 Å². The van der Waals surface area contributed by atoms with Gasteiger partial charge in [-0.15, -0.1) is 10.2 Å². The third-order valence-electron chi connectivity index (χ3n) is 6.06. The fourth-order valence-electron chi connectivity index (χ4n) is 4.27. The average molecular weight is 364 g/mol. The summed E-state index contributed by atoms with van der Waals surface area (Å²) in [6.07, 6.45) is 10.6. The number of benzene rings is 1. The summed E-state index contributed by atoms with van der Waals surface area (Å²) in [7, 11) is 2.10. The molecule has 5 nitrogen and oxygen atoms in total. The molecule has 27 heavy (non-hydrogen) atoms. The standard InChI is InChI=1S/C22H28N4O/c1-3-16-12-15-27-19(16)6-4-7-20-24-25-21(26(20)2)22(13-5-14-22)17-8-10-18(23)11-9-17/h3,6,8-11H,4-5,7,12-15,23H2,1-2H3/b16-3-,19-6+. The van der Waals surface area contributed by atoms with Crippen molar-refractivity contribution < 1.29 is 4.74 Å². The molecule has 2 fully saturated rings. The molecule has 2 heterocycles. The lowest BCUT2D eigenvalue weighted by molar-refractivity contribution is 0.264. The number of aryl methyl sites for hydroxylation is 1. The Bertz CT molecular complexity index is 872. The summed E-state index contributed by atoms with van der Waals surface area (Å²) in [5.41, 5.74) is 9.27. The van der Waals surface area contributed by atoms with Gasteiger partial charge in [-0.2, -0.15) is 0 Å². The fourth-order valence-corrected chi connectivity index (χ4v) is 4.27. The Labute approximate surface area is 160 Å². The molecule has 0 radical (unpaired) electrons. The van der Waals surface area contributed by atoms with Gasteiger partial charge in [-0.05, 0) is 55.5 Å². The summed E-state index contributed by atoms with van der Waals surface area (Å²) in [6, 6.07) is 8.26. The number of allylic oxidation sites excluding steroid dienone is 3. The second-order valence-corrected chi connectivity index (χ2v) is 7.58. The Morgan fingerprint density at radius 1 is 1.22 bits per heavy atom. The van der Waals surface area contributed by atoms with Crippen molar-refractivity contribution in [2.75, 3.05) is 12.3 Å².